The van der Waals surface area contributed by atoms with Crippen molar-refractivity contribution in [3.63, 3.8) is 0 Å². The van der Waals surface area contributed by atoms with E-state index in [9.17, 15) is 13.2 Å². The standard InChI is InChI=1S/C22H18F3N3O2/c23-22(24,25)30-19-9-6-17(7-10-19)18-8-11-20-26-27-21(28(20)14-18)15-29-13-12-16-4-2-1-3-5-16/h1-11,14H,12-13,15H2. The molecule has 30 heavy (non-hydrogen) atoms. The van der Waals surface area contributed by atoms with Crippen molar-refractivity contribution < 1.29 is 22.6 Å². The predicted molar refractivity (Wildman–Crippen MR) is 105 cm³/mol. The number of fused-ring (bicyclic) bond motifs is 1. The molecule has 0 saturated carbocycles. The van der Waals surface area contributed by atoms with Gasteiger partial charge in [-0.1, -0.05) is 42.5 Å². The molecule has 0 aliphatic heterocycles. The first-order chi connectivity index (χ1) is 14.5. The second kappa shape index (κ2) is 8.54. The third kappa shape index (κ3) is 4.96. The summed E-state index contributed by atoms with van der Waals surface area (Å²) in [5.41, 5.74) is 3.42. The van der Waals surface area contributed by atoms with Crippen molar-refractivity contribution >= 4 is 5.65 Å². The van der Waals surface area contributed by atoms with Crippen molar-refractivity contribution in [2.75, 3.05) is 6.61 Å². The van der Waals surface area contributed by atoms with E-state index in [0.29, 0.717) is 24.7 Å². The zero-order chi connectivity index (χ0) is 21.0. The summed E-state index contributed by atoms with van der Waals surface area (Å²) in [6.45, 7) is 0.856. The molecule has 4 rings (SSSR count). The maximum atomic E-state index is 12.3. The van der Waals surface area contributed by atoms with E-state index in [4.69, 9.17) is 4.74 Å². The van der Waals surface area contributed by atoms with Gasteiger partial charge in [-0.05, 0) is 47.4 Å². The van der Waals surface area contributed by atoms with E-state index in [1.54, 1.807) is 18.2 Å². The van der Waals surface area contributed by atoms with Crippen LogP contribution >= 0.6 is 0 Å². The van der Waals surface area contributed by atoms with E-state index in [-0.39, 0.29) is 5.75 Å². The number of ether oxygens (including phenoxy) is 2. The van der Waals surface area contributed by atoms with Crippen LogP contribution in [0.5, 0.6) is 5.75 Å². The van der Waals surface area contributed by atoms with Gasteiger partial charge in [0.15, 0.2) is 11.5 Å². The summed E-state index contributed by atoms with van der Waals surface area (Å²) < 4.78 is 48.4. The first-order valence-corrected chi connectivity index (χ1v) is 9.29. The molecule has 0 unspecified atom stereocenters. The topological polar surface area (TPSA) is 48.7 Å². The third-order valence-corrected chi connectivity index (χ3v) is 4.50. The average molecular weight is 413 g/mol. The minimum Gasteiger partial charge on any atom is -0.406 e. The van der Waals surface area contributed by atoms with Gasteiger partial charge in [-0.3, -0.25) is 4.40 Å². The Balaban J connectivity index is 1.44. The second-order valence-electron chi connectivity index (χ2n) is 6.62. The van der Waals surface area contributed by atoms with Crippen LogP contribution in [-0.2, 0) is 17.8 Å². The number of benzene rings is 2. The summed E-state index contributed by atoms with van der Waals surface area (Å²) in [4.78, 5) is 0. The van der Waals surface area contributed by atoms with Crippen molar-refractivity contribution in [1.29, 1.82) is 0 Å². The molecule has 8 heteroatoms. The molecule has 154 valence electrons. The average Bonchev–Trinajstić information content (AvgIpc) is 3.14. The van der Waals surface area contributed by atoms with Gasteiger partial charge in [0.05, 0.1) is 6.61 Å². The Bertz CT molecular complexity index is 1110. The molecular weight excluding hydrogens is 395 g/mol. The van der Waals surface area contributed by atoms with Gasteiger partial charge in [-0.15, -0.1) is 23.4 Å². The van der Waals surface area contributed by atoms with Gasteiger partial charge in [-0.25, -0.2) is 0 Å². The number of alkyl halides is 3. The summed E-state index contributed by atoms with van der Waals surface area (Å²) in [7, 11) is 0. The highest BCUT2D eigenvalue weighted by Crippen LogP contribution is 2.26. The Hall–Kier alpha value is -3.39. The zero-order valence-electron chi connectivity index (χ0n) is 15.8. The van der Waals surface area contributed by atoms with E-state index in [2.05, 4.69) is 14.9 Å². The van der Waals surface area contributed by atoms with Gasteiger partial charge >= 0.3 is 6.36 Å². The lowest BCUT2D eigenvalue weighted by molar-refractivity contribution is -0.274. The quantitative estimate of drug-likeness (QED) is 0.398. The van der Waals surface area contributed by atoms with E-state index in [0.717, 1.165) is 17.5 Å². The number of hydrogen-bond acceptors (Lipinski definition) is 4. The Labute approximate surface area is 170 Å². The Kier molecular flexibility index (Phi) is 5.67. The van der Waals surface area contributed by atoms with E-state index < -0.39 is 6.36 Å². The van der Waals surface area contributed by atoms with Gasteiger partial charge in [0.1, 0.15) is 12.4 Å². The van der Waals surface area contributed by atoms with E-state index in [1.165, 1.54) is 17.7 Å². The Morgan fingerprint density at radius 2 is 1.57 bits per heavy atom. The second-order valence-corrected chi connectivity index (χ2v) is 6.62. The maximum Gasteiger partial charge on any atom is 0.573 e. The monoisotopic (exact) mass is 413 g/mol. The van der Waals surface area contributed by atoms with Crippen molar-refractivity contribution in [3.8, 4) is 16.9 Å². The molecule has 2 aromatic heterocycles. The van der Waals surface area contributed by atoms with Crippen LogP contribution in [0.3, 0.4) is 0 Å². The highest BCUT2D eigenvalue weighted by atomic mass is 19.4. The molecule has 2 aromatic carbocycles. The molecule has 0 atom stereocenters. The van der Waals surface area contributed by atoms with Crippen LogP contribution in [0.15, 0.2) is 72.9 Å². The van der Waals surface area contributed by atoms with Crippen LogP contribution in [0, 0.1) is 0 Å². The number of rotatable bonds is 7. The lowest BCUT2D eigenvalue weighted by atomic mass is 10.1. The van der Waals surface area contributed by atoms with Crippen LogP contribution in [0.1, 0.15) is 11.4 Å². The summed E-state index contributed by atoms with van der Waals surface area (Å²) in [5.74, 6) is 0.390. The zero-order valence-corrected chi connectivity index (χ0v) is 15.8. The van der Waals surface area contributed by atoms with Crippen molar-refractivity contribution in [3.05, 3.63) is 84.3 Å². The smallest absolute Gasteiger partial charge is 0.406 e. The first-order valence-electron chi connectivity index (χ1n) is 9.29. The summed E-state index contributed by atoms with van der Waals surface area (Å²) in [6.07, 6.45) is -2.07. The molecule has 5 nitrogen and oxygen atoms in total. The Morgan fingerprint density at radius 3 is 2.30 bits per heavy atom. The van der Waals surface area contributed by atoms with Gasteiger partial charge < -0.3 is 9.47 Å². The third-order valence-electron chi connectivity index (χ3n) is 4.50. The van der Waals surface area contributed by atoms with Gasteiger partial charge in [-0.2, -0.15) is 0 Å². The normalized spacial score (nSPS) is 11.7. The number of hydrogen-bond donors (Lipinski definition) is 0. The highest BCUT2D eigenvalue weighted by Gasteiger charge is 2.30. The van der Waals surface area contributed by atoms with Crippen LogP contribution in [0.25, 0.3) is 16.8 Å². The fourth-order valence-electron chi connectivity index (χ4n) is 3.05. The minimum atomic E-state index is -4.71. The fraction of sp³-hybridized carbons (Fsp3) is 0.182. The molecule has 0 fully saturated rings. The first kappa shape index (κ1) is 19.9. The highest BCUT2D eigenvalue weighted by molar-refractivity contribution is 5.65. The molecule has 0 saturated heterocycles. The van der Waals surface area contributed by atoms with E-state index in [1.807, 2.05) is 47.0 Å². The predicted octanol–water partition coefficient (Wildman–Crippen LogP) is 5.05. The molecule has 4 aromatic rings. The summed E-state index contributed by atoms with van der Waals surface area (Å²) in [6, 6.07) is 19.4. The molecule has 2 heterocycles. The Morgan fingerprint density at radius 1 is 0.833 bits per heavy atom. The van der Waals surface area contributed by atoms with Gasteiger partial charge in [0, 0.05) is 6.20 Å². The molecule has 0 spiro atoms. The lowest BCUT2D eigenvalue weighted by Gasteiger charge is -2.10. The SMILES string of the molecule is FC(F)(F)Oc1ccc(-c2ccc3nnc(COCCc4ccccc4)n3c2)cc1. The minimum absolute atomic E-state index is 0.260. The summed E-state index contributed by atoms with van der Waals surface area (Å²) in [5, 5.41) is 8.30. The molecule has 0 N–H and O–H groups in total. The number of halogens is 3. The van der Waals surface area contributed by atoms with Crippen molar-refractivity contribution in [2.45, 2.75) is 19.4 Å². The van der Waals surface area contributed by atoms with Crippen molar-refractivity contribution in [1.82, 2.24) is 14.6 Å². The summed E-state index contributed by atoms with van der Waals surface area (Å²) >= 11 is 0. The molecule has 0 bridgehead atoms. The largest absolute Gasteiger partial charge is 0.573 e. The van der Waals surface area contributed by atoms with Gasteiger partial charge in [0.2, 0.25) is 0 Å². The molecule has 0 amide bonds. The maximum absolute atomic E-state index is 12.3. The molecule has 0 aliphatic carbocycles. The van der Waals surface area contributed by atoms with Crippen LogP contribution in [0.4, 0.5) is 13.2 Å². The van der Waals surface area contributed by atoms with Crippen LogP contribution in [0.2, 0.25) is 0 Å². The van der Waals surface area contributed by atoms with Crippen LogP contribution < -0.4 is 4.74 Å². The molecule has 0 radical (unpaired) electrons. The van der Waals surface area contributed by atoms with Crippen molar-refractivity contribution in [2.24, 2.45) is 0 Å². The fourth-order valence-corrected chi connectivity index (χ4v) is 3.05. The molecule has 0 aliphatic rings. The number of aromatic nitrogens is 3. The molecular formula is C22H18F3N3O2. The number of pyridine rings is 1. The number of nitrogens with zero attached hydrogens (tertiary/aromatic N) is 3. The van der Waals surface area contributed by atoms with Gasteiger partial charge in [0.25, 0.3) is 0 Å². The lowest BCUT2D eigenvalue weighted by Crippen LogP contribution is -2.16. The van der Waals surface area contributed by atoms with Crippen LogP contribution in [-0.4, -0.2) is 27.6 Å². The van der Waals surface area contributed by atoms with E-state index >= 15 is 0 Å².